The van der Waals surface area contributed by atoms with Crippen molar-refractivity contribution < 1.29 is 23.8 Å². The lowest BCUT2D eigenvalue weighted by atomic mass is 10.1. The number of fused-ring (bicyclic) bond motifs is 1. The first-order chi connectivity index (χ1) is 13.7. The molecule has 1 aliphatic heterocycles. The van der Waals surface area contributed by atoms with Gasteiger partial charge in [-0.25, -0.2) is 9.59 Å². The molecular formula is C22H32O5S2. The molecule has 3 atom stereocenters. The number of rotatable bonds is 6. The molecule has 0 N–H and O–H groups in total. The highest BCUT2D eigenvalue weighted by atomic mass is 32.2. The minimum atomic E-state index is -0.428. The van der Waals surface area contributed by atoms with Gasteiger partial charge in [0.25, 0.3) is 0 Å². The third-order valence-corrected chi connectivity index (χ3v) is 8.32. The summed E-state index contributed by atoms with van der Waals surface area (Å²) in [5, 5.41) is 0. The van der Waals surface area contributed by atoms with Crippen molar-refractivity contribution in [3.8, 4) is 0 Å². The minimum absolute atomic E-state index is 0.103. The summed E-state index contributed by atoms with van der Waals surface area (Å²) in [5.41, 5.74) is -0.103. The van der Waals surface area contributed by atoms with E-state index >= 15 is 0 Å². The summed E-state index contributed by atoms with van der Waals surface area (Å²) in [6.45, 7) is 11.3. The molecule has 162 valence electrons. The Morgan fingerprint density at radius 1 is 0.897 bits per heavy atom. The van der Waals surface area contributed by atoms with Crippen LogP contribution < -0.4 is 0 Å². The van der Waals surface area contributed by atoms with Gasteiger partial charge in [-0.1, -0.05) is 23.5 Å². The largest absolute Gasteiger partial charge is 0.462 e. The van der Waals surface area contributed by atoms with Crippen LogP contribution in [-0.4, -0.2) is 37.4 Å². The molecule has 0 amide bonds. The van der Waals surface area contributed by atoms with E-state index in [9.17, 15) is 9.59 Å². The molecule has 0 saturated heterocycles. The zero-order valence-corrected chi connectivity index (χ0v) is 19.7. The molecule has 1 unspecified atom stereocenters. The summed E-state index contributed by atoms with van der Waals surface area (Å²) < 4.78 is 16.5. The Hall–Kier alpha value is -0.920. The Morgan fingerprint density at radius 2 is 1.34 bits per heavy atom. The van der Waals surface area contributed by atoms with E-state index < -0.39 is 11.9 Å². The second kappa shape index (κ2) is 9.48. The van der Waals surface area contributed by atoms with Gasteiger partial charge in [0.15, 0.2) is 0 Å². The van der Waals surface area contributed by atoms with Crippen molar-refractivity contribution in [1.82, 2.24) is 0 Å². The number of carbonyl (C=O) groups excluding carboxylic acids is 2. The van der Waals surface area contributed by atoms with Gasteiger partial charge in [-0.05, 0) is 87.9 Å². The van der Waals surface area contributed by atoms with Crippen molar-refractivity contribution in [2.75, 3.05) is 19.8 Å². The lowest BCUT2D eigenvalue weighted by Gasteiger charge is -2.24. The van der Waals surface area contributed by atoms with E-state index in [0.717, 1.165) is 32.3 Å². The van der Waals surface area contributed by atoms with Crippen molar-refractivity contribution in [2.24, 2.45) is 17.8 Å². The maximum absolute atomic E-state index is 12.5. The van der Waals surface area contributed by atoms with E-state index in [0.29, 0.717) is 27.6 Å². The molecule has 0 aromatic heterocycles. The number of esters is 2. The van der Waals surface area contributed by atoms with Gasteiger partial charge in [-0.3, -0.25) is 0 Å². The molecule has 3 aliphatic rings. The summed E-state index contributed by atoms with van der Waals surface area (Å²) >= 11 is 2.84. The quantitative estimate of drug-likeness (QED) is 0.522. The molecule has 1 fully saturated rings. The molecule has 7 heteroatoms. The van der Waals surface area contributed by atoms with Crippen LogP contribution in [0.1, 0.15) is 60.3 Å². The molecule has 0 spiro atoms. The van der Waals surface area contributed by atoms with Gasteiger partial charge >= 0.3 is 11.9 Å². The van der Waals surface area contributed by atoms with Gasteiger partial charge in [-0.2, -0.15) is 0 Å². The number of allylic oxidation sites excluding steroid dienone is 2. The first kappa shape index (κ1) is 22.8. The number of ether oxygens (including phenoxy) is 3. The molecule has 0 aromatic carbocycles. The lowest BCUT2D eigenvalue weighted by molar-refractivity contribution is -0.140. The highest BCUT2D eigenvalue weighted by Crippen LogP contribution is 2.58. The van der Waals surface area contributed by atoms with Gasteiger partial charge in [0, 0.05) is 0 Å². The summed E-state index contributed by atoms with van der Waals surface area (Å²) in [4.78, 5) is 28.2. The van der Waals surface area contributed by atoms with Crippen molar-refractivity contribution in [3.05, 3.63) is 19.6 Å². The number of thioether (sulfide) groups is 2. The minimum Gasteiger partial charge on any atom is -0.462 e. The van der Waals surface area contributed by atoms with Crippen molar-refractivity contribution in [1.29, 1.82) is 0 Å². The SMILES string of the molecule is CCOC(=O)C1=C(C(=O)OCC)SC2=C(CC[C@@H]3C(COC(C)(C)C)[C@@H]3CC2)S1. The Morgan fingerprint density at radius 3 is 1.72 bits per heavy atom. The van der Waals surface area contributed by atoms with Gasteiger partial charge in [0.05, 0.1) is 25.4 Å². The van der Waals surface area contributed by atoms with E-state index in [1.54, 1.807) is 13.8 Å². The first-order valence-corrected chi connectivity index (χ1v) is 12.2. The van der Waals surface area contributed by atoms with Crippen LogP contribution in [0, 0.1) is 17.8 Å². The van der Waals surface area contributed by atoms with E-state index in [2.05, 4.69) is 20.8 Å². The number of carbonyl (C=O) groups is 2. The molecule has 0 bridgehead atoms. The van der Waals surface area contributed by atoms with Crippen molar-refractivity contribution in [2.45, 2.75) is 65.9 Å². The number of hydrogen-bond acceptors (Lipinski definition) is 7. The van der Waals surface area contributed by atoms with Crippen LogP contribution in [0.15, 0.2) is 19.6 Å². The maximum atomic E-state index is 12.5. The highest BCUT2D eigenvalue weighted by Gasteiger charge is 2.50. The zero-order chi connectivity index (χ0) is 21.2. The standard InChI is InChI=1S/C22H32O5S2/c1-6-25-20(23)18-19(21(24)26-7-2)29-17-11-9-14-13(8-10-16(17)28-18)15(14)12-27-22(3,4)5/h13-15H,6-12H2,1-5H3/t13-,14+,15?. The van der Waals surface area contributed by atoms with Crippen LogP contribution in [0.5, 0.6) is 0 Å². The first-order valence-electron chi connectivity index (χ1n) is 10.5. The van der Waals surface area contributed by atoms with Crippen LogP contribution in [0.25, 0.3) is 0 Å². The van der Waals surface area contributed by atoms with E-state index in [-0.39, 0.29) is 18.8 Å². The van der Waals surface area contributed by atoms with E-state index in [4.69, 9.17) is 14.2 Å². The normalized spacial score (nSPS) is 26.9. The summed E-state index contributed by atoms with van der Waals surface area (Å²) in [6.07, 6.45) is 4.11. The highest BCUT2D eigenvalue weighted by molar-refractivity contribution is 8.14. The Kier molecular flexibility index (Phi) is 7.44. The molecule has 29 heavy (non-hydrogen) atoms. The van der Waals surface area contributed by atoms with E-state index in [1.807, 2.05) is 0 Å². The zero-order valence-electron chi connectivity index (χ0n) is 18.0. The predicted molar refractivity (Wildman–Crippen MR) is 117 cm³/mol. The predicted octanol–water partition coefficient (Wildman–Crippen LogP) is 5.27. The molecule has 2 aliphatic carbocycles. The maximum Gasteiger partial charge on any atom is 0.346 e. The van der Waals surface area contributed by atoms with E-state index in [1.165, 1.54) is 33.3 Å². The molecular weight excluding hydrogens is 408 g/mol. The van der Waals surface area contributed by atoms with Crippen molar-refractivity contribution >= 4 is 35.5 Å². The summed E-state index contributed by atoms with van der Waals surface area (Å²) in [6, 6.07) is 0. The molecule has 3 rings (SSSR count). The average molecular weight is 441 g/mol. The fourth-order valence-electron chi connectivity index (χ4n) is 4.07. The lowest BCUT2D eigenvalue weighted by Crippen LogP contribution is -2.21. The Bertz CT molecular complexity index is 669. The summed E-state index contributed by atoms with van der Waals surface area (Å²) in [5.74, 6) is 1.19. The van der Waals surface area contributed by atoms with Crippen LogP contribution in [0.3, 0.4) is 0 Å². The van der Waals surface area contributed by atoms with Crippen LogP contribution >= 0.6 is 23.5 Å². The van der Waals surface area contributed by atoms with Gasteiger partial charge < -0.3 is 14.2 Å². The fraction of sp³-hybridized carbons (Fsp3) is 0.727. The van der Waals surface area contributed by atoms with Crippen molar-refractivity contribution in [3.63, 3.8) is 0 Å². The molecule has 0 aromatic rings. The van der Waals surface area contributed by atoms with Gasteiger partial charge in [-0.15, -0.1) is 0 Å². The van der Waals surface area contributed by atoms with Gasteiger partial charge in [0.1, 0.15) is 9.81 Å². The molecule has 5 nitrogen and oxygen atoms in total. The smallest absolute Gasteiger partial charge is 0.346 e. The topological polar surface area (TPSA) is 61.8 Å². The summed E-state index contributed by atoms with van der Waals surface area (Å²) in [7, 11) is 0. The molecule has 1 saturated carbocycles. The molecule has 1 heterocycles. The average Bonchev–Trinajstić information content (AvgIpc) is 3.31. The van der Waals surface area contributed by atoms with Crippen LogP contribution in [-0.2, 0) is 23.8 Å². The number of hydrogen-bond donors (Lipinski definition) is 0. The monoisotopic (exact) mass is 440 g/mol. The fourth-order valence-corrected chi connectivity index (χ4v) is 6.57. The Labute approximate surface area is 182 Å². The van der Waals surface area contributed by atoms with Crippen LogP contribution in [0.2, 0.25) is 0 Å². The second-order valence-electron chi connectivity index (χ2n) is 8.64. The van der Waals surface area contributed by atoms with Crippen LogP contribution in [0.4, 0.5) is 0 Å². The second-order valence-corrected chi connectivity index (χ2v) is 10.9. The third kappa shape index (κ3) is 5.61. The Balaban J connectivity index is 1.70. The third-order valence-electron chi connectivity index (χ3n) is 5.52. The molecule has 0 radical (unpaired) electrons. The van der Waals surface area contributed by atoms with Gasteiger partial charge in [0.2, 0.25) is 0 Å².